The normalized spacial score (nSPS) is 12.0. The lowest BCUT2D eigenvalue weighted by molar-refractivity contribution is 0.0245. The molecule has 1 heterocycles. The summed E-state index contributed by atoms with van der Waals surface area (Å²) in [5.41, 5.74) is 1.54. The van der Waals surface area contributed by atoms with Crippen LogP contribution in [0.3, 0.4) is 0 Å². The molecule has 0 amide bonds. The number of para-hydroxylation sites is 1. The van der Waals surface area contributed by atoms with E-state index in [1.54, 1.807) is 18.2 Å². The predicted octanol–water partition coefficient (Wildman–Crippen LogP) is 4.99. The summed E-state index contributed by atoms with van der Waals surface area (Å²) in [6, 6.07) is 16.5. The Balaban J connectivity index is 1.67. The van der Waals surface area contributed by atoms with E-state index >= 15 is 0 Å². The zero-order valence-corrected chi connectivity index (χ0v) is 17.3. The van der Waals surface area contributed by atoms with Gasteiger partial charge < -0.3 is 4.74 Å². The second-order valence-corrected chi connectivity index (χ2v) is 7.49. The number of rotatable bonds is 6. The van der Waals surface area contributed by atoms with E-state index in [1.807, 2.05) is 6.07 Å². The lowest BCUT2D eigenvalue weighted by Crippen LogP contribution is -2.32. The summed E-state index contributed by atoms with van der Waals surface area (Å²) in [6.45, 7) is -0.0896. The zero-order chi connectivity index (χ0) is 22.0. The highest BCUT2D eigenvalue weighted by Gasteiger charge is 2.27. The summed E-state index contributed by atoms with van der Waals surface area (Å²) in [7, 11) is 0. The summed E-state index contributed by atoms with van der Waals surface area (Å²) in [4.78, 5) is 25.9. The van der Waals surface area contributed by atoms with Crippen LogP contribution >= 0.6 is 23.2 Å². The van der Waals surface area contributed by atoms with E-state index in [2.05, 4.69) is 10.3 Å². The topological polar surface area (TPSA) is 74.1 Å². The van der Waals surface area contributed by atoms with Crippen LogP contribution in [0.25, 0.3) is 11.0 Å². The van der Waals surface area contributed by atoms with Gasteiger partial charge in [0.2, 0.25) is 5.78 Å². The minimum Gasteiger partial charge on any atom is -0.448 e. The number of benzene rings is 3. The first-order valence-electron chi connectivity index (χ1n) is 9.16. The van der Waals surface area contributed by atoms with Gasteiger partial charge in [-0.05, 0) is 54.6 Å². The van der Waals surface area contributed by atoms with Gasteiger partial charge in [-0.3, -0.25) is 4.79 Å². The molecule has 9 heteroatoms. The lowest BCUT2D eigenvalue weighted by Gasteiger charge is -2.18. The fourth-order valence-electron chi connectivity index (χ4n) is 3.03. The molecule has 4 rings (SSSR count). The average Bonchev–Trinajstić information content (AvgIpc) is 3.16. The van der Waals surface area contributed by atoms with Crippen LogP contribution in [-0.2, 0) is 11.3 Å². The maximum Gasteiger partial charge on any atom is 0.340 e. The monoisotopic (exact) mass is 457 g/mol. The molecule has 0 radical (unpaired) electrons. The molecule has 4 aromatic rings. The predicted molar refractivity (Wildman–Crippen MR) is 114 cm³/mol. The Kier molecular flexibility index (Phi) is 5.97. The second kappa shape index (κ2) is 8.83. The molecule has 6 nitrogen and oxygen atoms in total. The van der Waals surface area contributed by atoms with Crippen LogP contribution in [0.4, 0.5) is 4.39 Å². The third-order valence-corrected chi connectivity index (χ3v) is 5.13. The summed E-state index contributed by atoms with van der Waals surface area (Å²) >= 11 is 12.0. The molecular weight excluding hydrogens is 444 g/mol. The van der Waals surface area contributed by atoms with Crippen molar-refractivity contribution in [3.8, 4) is 0 Å². The third kappa shape index (κ3) is 4.57. The molecule has 0 N–H and O–H groups in total. The largest absolute Gasteiger partial charge is 0.448 e. The van der Waals surface area contributed by atoms with Crippen molar-refractivity contribution < 1.29 is 18.7 Å². The van der Waals surface area contributed by atoms with Crippen molar-refractivity contribution in [2.24, 2.45) is 0 Å². The van der Waals surface area contributed by atoms with Gasteiger partial charge in [0.05, 0.1) is 22.6 Å². The van der Waals surface area contributed by atoms with Gasteiger partial charge in [0.15, 0.2) is 6.10 Å². The molecule has 156 valence electrons. The Hall–Kier alpha value is -3.29. The maximum atomic E-state index is 13.3. The fraction of sp³-hybridized carbons (Fsp3) is 0.0909. The van der Waals surface area contributed by atoms with Crippen LogP contribution in [0.1, 0.15) is 20.7 Å². The first kappa shape index (κ1) is 21.0. The number of esters is 1. The summed E-state index contributed by atoms with van der Waals surface area (Å²) in [5, 5.41) is 8.56. The Morgan fingerprint density at radius 1 is 1.03 bits per heavy atom. The number of nitrogens with zero attached hydrogens (tertiary/aromatic N) is 3. The number of ketones is 1. The Morgan fingerprint density at radius 3 is 2.52 bits per heavy atom. The highest BCUT2D eigenvalue weighted by molar-refractivity contribution is 6.36. The summed E-state index contributed by atoms with van der Waals surface area (Å²) in [6.07, 6.45) is -1.25. The van der Waals surface area contributed by atoms with Gasteiger partial charge in [0.25, 0.3) is 0 Å². The lowest BCUT2D eigenvalue weighted by atomic mass is 10.1. The first-order valence-corrected chi connectivity index (χ1v) is 9.92. The molecule has 0 aliphatic carbocycles. The van der Waals surface area contributed by atoms with Crippen LogP contribution in [0, 0.1) is 5.82 Å². The van der Waals surface area contributed by atoms with Crippen molar-refractivity contribution in [3.63, 3.8) is 0 Å². The minimum absolute atomic E-state index is 0.0615. The maximum absolute atomic E-state index is 13.3. The first-order chi connectivity index (χ1) is 14.9. The van der Waals surface area contributed by atoms with Crippen molar-refractivity contribution in [1.29, 1.82) is 0 Å². The summed E-state index contributed by atoms with van der Waals surface area (Å²) < 4.78 is 20.3. The molecule has 0 saturated heterocycles. The van der Waals surface area contributed by atoms with Crippen molar-refractivity contribution in [2.75, 3.05) is 0 Å². The van der Waals surface area contributed by atoms with Crippen LogP contribution in [-0.4, -0.2) is 32.9 Å². The van der Waals surface area contributed by atoms with E-state index in [1.165, 1.54) is 35.0 Å². The van der Waals surface area contributed by atoms with Crippen LogP contribution in [0.2, 0.25) is 10.0 Å². The zero-order valence-electron chi connectivity index (χ0n) is 15.8. The van der Waals surface area contributed by atoms with Crippen LogP contribution in [0.15, 0.2) is 66.7 Å². The van der Waals surface area contributed by atoms with E-state index in [9.17, 15) is 14.0 Å². The standard InChI is InChI=1S/C22H14Cl2FN3O3/c23-14-7-10-16(17(24)11-14)22(30)31-20(21(29)13-5-8-15(25)9-6-13)12-28-19-4-2-1-3-18(19)26-27-28/h1-11,20H,12H2/t20-/m1/s1. The molecule has 0 spiro atoms. The van der Waals surface area contributed by atoms with E-state index < -0.39 is 23.7 Å². The molecule has 0 fully saturated rings. The molecule has 0 unspecified atom stereocenters. The van der Waals surface area contributed by atoms with Gasteiger partial charge in [-0.15, -0.1) is 5.10 Å². The number of aromatic nitrogens is 3. The van der Waals surface area contributed by atoms with Gasteiger partial charge in [0, 0.05) is 10.6 Å². The number of Topliss-reactive ketones (excluding diaryl/α,β-unsaturated/α-hetero) is 1. The Labute approximate surface area is 186 Å². The summed E-state index contributed by atoms with van der Waals surface area (Å²) in [5.74, 6) is -1.80. The van der Waals surface area contributed by atoms with Crippen molar-refractivity contribution in [3.05, 3.63) is 93.7 Å². The van der Waals surface area contributed by atoms with E-state index in [4.69, 9.17) is 27.9 Å². The van der Waals surface area contributed by atoms with Gasteiger partial charge in [0.1, 0.15) is 11.3 Å². The molecule has 0 aliphatic rings. The average molecular weight is 458 g/mol. The van der Waals surface area contributed by atoms with Crippen molar-refractivity contribution in [2.45, 2.75) is 12.6 Å². The van der Waals surface area contributed by atoms with Gasteiger partial charge in [-0.25, -0.2) is 13.9 Å². The van der Waals surface area contributed by atoms with E-state index in [0.717, 1.165) is 12.1 Å². The molecule has 3 aromatic carbocycles. The number of hydrogen-bond donors (Lipinski definition) is 0. The minimum atomic E-state index is -1.25. The molecule has 0 bridgehead atoms. The molecule has 1 atom stereocenters. The fourth-order valence-corrected chi connectivity index (χ4v) is 3.52. The van der Waals surface area contributed by atoms with Crippen LogP contribution in [0.5, 0.6) is 0 Å². The highest BCUT2D eigenvalue weighted by atomic mass is 35.5. The molecule has 0 aliphatic heterocycles. The van der Waals surface area contributed by atoms with Crippen molar-refractivity contribution in [1.82, 2.24) is 15.0 Å². The SMILES string of the molecule is O=C(O[C@H](Cn1nnc2ccccc21)C(=O)c1ccc(F)cc1)c1ccc(Cl)cc1Cl. The van der Waals surface area contributed by atoms with Gasteiger partial charge >= 0.3 is 5.97 Å². The number of fused-ring (bicyclic) bond motifs is 1. The third-order valence-electron chi connectivity index (χ3n) is 4.58. The molecular formula is C22H14Cl2FN3O3. The van der Waals surface area contributed by atoms with Crippen molar-refractivity contribution >= 4 is 46.0 Å². The molecule has 0 saturated carbocycles. The molecule has 31 heavy (non-hydrogen) atoms. The molecule has 1 aromatic heterocycles. The number of carbonyl (C=O) groups excluding carboxylic acids is 2. The quantitative estimate of drug-likeness (QED) is 0.301. The van der Waals surface area contributed by atoms with E-state index in [-0.39, 0.29) is 22.7 Å². The van der Waals surface area contributed by atoms with Gasteiger partial charge in [-0.2, -0.15) is 0 Å². The number of ether oxygens (including phenoxy) is 1. The van der Waals surface area contributed by atoms with Crippen LogP contribution < -0.4 is 0 Å². The second-order valence-electron chi connectivity index (χ2n) is 6.65. The number of halogens is 3. The van der Waals surface area contributed by atoms with Gasteiger partial charge in [-0.1, -0.05) is 40.5 Å². The smallest absolute Gasteiger partial charge is 0.340 e. The Morgan fingerprint density at radius 2 is 1.77 bits per heavy atom. The highest BCUT2D eigenvalue weighted by Crippen LogP contribution is 2.23. The number of hydrogen-bond acceptors (Lipinski definition) is 5. The number of carbonyl (C=O) groups is 2. The van der Waals surface area contributed by atoms with E-state index in [0.29, 0.717) is 16.1 Å². The Bertz CT molecular complexity index is 1270.